The molecule has 0 spiro atoms. The molecular formula is C10H11N7. The second-order valence-corrected chi connectivity index (χ2v) is 3.67. The van der Waals surface area contributed by atoms with Crippen molar-refractivity contribution in [2.45, 2.75) is 6.54 Å². The van der Waals surface area contributed by atoms with Gasteiger partial charge < -0.3 is 9.88 Å². The first-order chi connectivity index (χ1) is 8.34. The maximum Gasteiger partial charge on any atom is 0.154 e. The van der Waals surface area contributed by atoms with Gasteiger partial charge in [-0.2, -0.15) is 5.10 Å². The van der Waals surface area contributed by atoms with E-state index in [2.05, 4.69) is 30.5 Å². The fourth-order valence-electron chi connectivity index (χ4n) is 1.68. The number of hydrogen-bond acceptors (Lipinski definition) is 5. The lowest BCUT2D eigenvalue weighted by atomic mass is 10.3. The molecule has 0 atom stereocenters. The zero-order chi connectivity index (χ0) is 11.7. The van der Waals surface area contributed by atoms with Crippen molar-refractivity contribution in [3.63, 3.8) is 0 Å². The van der Waals surface area contributed by atoms with Gasteiger partial charge in [-0.25, -0.2) is 15.0 Å². The lowest BCUT2D eigenvalue weighted by molar-refractivity contribution is 0.946. The summed E-state index contributed by atoms with van der Waals surface area (Å²) >= 11 is 0. The van der Waals surface area contributed by atoms with E-state index >= 15 is 0 Å². The minimum Gasteiger partial charge on any atom is -0.361 e. The average molecular weight is 229 g/mol. The van der Waals surface area contributed by atoms with Gasteiger partial charge in [0.25, 0.3) is 0 Å². The third kappa shape index (κ3) is 1.71. The van der Waals surface area contributed by atoms with Gasteiger partial charge in [-0.15, -0.1) is 0 Å². The van der Waals surface area contributed by atoms with Crippen LogP contribution in [-0.2, 0) is 13.6 Å². The van der Waals surface area contributed by atoms with Crippen molar-refractivity contribution >= 4 is 16.9 Å². The Bertz CT molecular complexity index is 625. The molecule has 0 amide bonds. The van der Waals surface area contributed by atoms with Gasteiger partial charge in [0.05, 0.1) is 18.4 Å². The van der Waals surface area contributed by atoms with Crippen LogP contribution >= 0.6 is 0 Å². The molecule has 0 fully saturated rings. The van der Waals surface area contributed by atoms with Crippen molar-refractivity contribution in [3.8, 4) is 0 Å². The SMILES string of the molecule is Cn1cnc2c(NCc3ncn[nH]3)nccc21. The highest BCUT2D eigenvalue weighted by Gasteiger charge is 2.06. The van der Waals surface area contributed by atoms with Gasteiger partial charge in [-0.1, -0.05) is 0 Å². The van der Waals surface area contributed by atoms with Gasteiger partial charge in [0, 0.05) is 13.2 Å². The smallest absolute Gasteiger partial charge is 0.154 e. The predicted molar refractivity (Wildman–Crippen MR) is 62.2 cm³/mol. The molecule has 2 N–H and O–H groups in total. The van der Waals surface area contributed by atoms with Gasteiger partial charge in [0.15, 0.2) is 5.82 Å². The van der Waals surface area contributed by atoms with Crippen molar-refractivity contribution in [3.05, 3.63) is 30.7 Å². The van der Waals surface area contributed by atoms with Crippen molar-refractivity contribution in [1.82, 2.24) is 29.7 Å². The van der Waals surface area contributed by atoms with Crippen molar-refractivity contribution in [2.24, 2.45) is 7.05 Å². The molecule has 0 aliphatic heterocycles. The minimum atomic E-state index is 0.544. The number of pyridine rings is 1. The molecule has 0 bridgehead atoms. The molecule has 17 heavy (non-hydrogen) atoms. The van der Waals surface area contributed by atoms with Gasteiger partial charge in [-0.05, 0) is 6.07 Å². The molecule has 7 nitrogen and oxygen atoms in total. The van der Waals surface area contributed by atoms with Gasteiger partial charge in [-0.3, -0.25) is 5.10 Å². The fourth-order valence-corrected chi connectivity index (χ4v) is 1.68. The zero-order valence-electron chi connectivity index (χ0n) is 9.25. The van der Waals surface area contributed by atoms with Crippen LogP contribution in [0.5, 0.6) is 0 Å². The summed E-state index contributed by atoms with van der Waals surface area (Å²) < 4.78 is 1.96. The monoisotopic (exact) mass is 229 g/mol. The molecule has 0 saturated heterocycles. The van der Waals surface area contributed by atoms with E-state index < -0.39 is 0 Å². The summed E-state index contributed by atoms with van der Waals surface area (Å²) in [5.41, 5.74) is 1.90. The first kappa shape index (κ1) is 9.76. The van der Waals surface area contributed by atoms with Crippen LogP contribution in [0.15, 0.2) is 24.9 Å². The maximum atomic E-state index is 4.31. The average Bonchev–Trinajstić information content (AvgIpc) is 2.97. The second-order valence-electron chi connectivity index (χ2n) is 3.67. The van der Waals surface area contributed by atoms with E-state index in [-0.39, 0.29) is 0 Å². The number of aryl methyl sites for hydroxylation is 1. The Morgan fingerprint density at radius 2 is 2.29 bits per heavy atom. The molecular weight excluding hydrogens is 218 g/mol. The van der Waals surface area contributed by atoms with E-state index in [0.29, 0.717) is 6.54 Å². The van der Waals surface area contributed by atoms with Crippen LogP contribution in [0.2, 0.25) is 0 Å². The molecule has 0 radical (unpaired) electrons. The molecule has 3 aromatic heterocycles. The van der Waals surface area contributed by atoms with Crippen LogP contribution in [0.3, 0.4) is 0 Å². The normalized spacial score (nSPS) is 10.9. The first-order valence-corrected chi connectivity index (χ1v) is 5.19. The first-order valence-electron chi connectivity index (χ1n) is 5.19. The van der Waals surface area contributed by atoms with E-state index in [1.165, 1.54) is 6.33 Å². The van der Waals surface area contributed by atoms with Gasteiger partial charge in [0.1, 0.15) is 17.7 Å². The number of aromatic amines is 1. The third-order valence-corrected chi connectivity index (χ3v) is 2.53. The summed E-state index contributed by atoms with van der Waals surface area (Å²) in [6.45, 7) is 0.544. The summed E-state index contributed by atoms with van der Waals surface area (Å²) in [6.07, 6.45) is 5.00. The Labute approximate surface area is 96.9 Å². The fraction of sp³-hybridized carbons (Fsp3) is 0.200. The number of imidazole rings is 1. The number of anilines is 1. The molecule has 7 heteroatoms. The summed E-state index contributed by atoms with van der Waals surface area (Å²) in [5, 5.41) is 9.75. The number of nitrogens with one attached hydrogen (secondary N) is 2. The molecule has 0 saturated carbocycles. The molecule has 0 aliphatic carbocycles. The molecule has 3 heterocycles. The molecule has 0 unspecified atom stereocenters. The maximum absolute atomic E-state index is 4.31. The molecule has 86 valence electrons. The highest BCUT2D eigenvalue weighted by atomic mass is 15.2. The van der Waals surface area contributed by atoms with Gasteiger partial charge >= 0.3 is 0 Å². The Balaban J connectivity index is 1.90. The van der Waals surface area contributed by atoms with Crippen LogP contribution in [0.1, 0.15) is 5.82 Å². The van der Waals surface area contributed by atoms with E-state index in [1.54, 1.807) is 12.5 Å². The van der Waals surface area contributed by atoms with Crippen LogP contribution in [0, 0.1) is 0 Å². The molecule has 0 aromatic carbocycles. The van der Waals surface area contributed by atoms with Crippen LogP contribution in [0.25, 0.3) is 11.0 Å². The predicted octanol–water partition coefficient (Wildman–Crippen LogP) is 0.698. The summed E-state index contributed by atoms with van der Waals surface area (Å²) in [4.78, 5) is 12.6. The highest BCUT2D eigenvalue weighted by Crippen LogP contribution is 2.18. The third-order valence-electron chi connectivity index (χ3n) is 2.53. The van der Waals surface area contributed by atoms with Crippen LogP contribution in [0.4, 0.5) is 5.82 Å². The van der Waals surface area contributed by atoms with Crippen LogP contribution in [-0.4, -0.2) is 29.7 Å². The molecule has 3 rings (SSSR count). The van der Waals surface area contributed by atoms with Crippen molar-refractivity contribution < 1.29 is 0 Å². The number of hydrogen-bond donors (Lipinski definition) is 2. The number of H-pyrrole nitrogens is 1. The Kier molecular flexibility index (Phi) is 2.21. The topological polar surface area (TPSA) is 84.3 Å². The van der Waals surface area contributed by atoms with E-state index in [4.69, 9.17) is 0 Å². The lowest BCUT2D eigenvalue weighted by Gasteiger charge is -2.03. The Morgan fingerprint density at radius 1 is 1.35 bits per heavy atom. The lowest BCUT2D eigenvalue weighted by Crippen LogP contribution is -2.03. The number of aromatic nitrogens is 6. The van der Waals surface area contributed by atoms with E-state index in [1.807, 2.05) is 17.7 Å². The van der Waals surface area contributed by atoms with Gasteiger partial charge in [0.2, 0.25) is 0 Å². The standard InChI is InChI=1S/C10H11N7/c1-17-6-14-9-7(17)2-3-11-10(9)12-4-8-13-5-15-16-8/h2-3,5-6H,4H2,1H3,(H,11,12)(H,13,15,16). The Hall–Kier alpha value is -2.44. The summed E-state index contributed by atoms with van der Waals surface area (Å²) in [7, 11) is 1.95. The number of nitrogens with zero attached hydrogens (tertiary/aromatic N) is 5. The number of rotatable bonds is 3. The van der Waals surface area contributed by atoms with Crippen molar-refractivity contribution in [1.29, 1.82) is 0 Å². The van der Waals surface area contributed by atoms with Crippen LogP contribution < -0.4 is 5.32 Å². The quantitative estimate of drug-likeness (QED) is 0.690. The van der Waals surface area contributed by atoms with Crippen molar-refractivity contribution in [2.75, 3.05) is 5.32 Å². The summed E-state index contributed by atoms with van der Waals surface area (Å²) in [5.74, 6) is 1.51. The Morgan fingerprint density at radius 3 is 3.12 bits per heavy atom. The highest BCUT2D eigenvalue weighted by molar-refractivity contribution is 5.85. The van der Waals surface area contributed by atoms with E-state index in [9.17, 15) is 0 Å². The largest absolute Gasteiger partial charge is 0.361 e. The molecule has 0 aliphatic rings. The number of fused-ring (bicyclic) bond motifs is 1. The molecule has 3 aromatic rings. The zero-order valence-corrected chi connectivity index (χ0v) is 9.25. The minimum absolute atomic E-state index is 0.544. The second kappa shape index (κ2) is 3.85. The van der Waals surface area contributed by atoms with E-state index in [0.717, 1.165) is 22.7 Å². The summed E-state index contributed by atoms with van der Waals surface area (Å²) in [6, 6.07) is 1.93.